The zero-order valence-electron chi connectivity index (χ0n) is 6.33. The van der Waals surface area contributed by atoms with Crippen molar-refractivity contribution in [1.29, 1.82) is 0 Å². The van der Waals surface area contributed by atoms with Gasteiger partial charge in [-0.25, -0.2) is 8.78 Å². The summed E-state index contributed by atoms with van der Waals surface area (Å²) in [6, 6.07) is 0. The highest BCUT2D eigenvalue weighted by Gasteiger charge is 1.88. The van der Waals surface area contributed by atoms with Crippen molar-refractivity contribution in [3.63, 3.8) is 0 Å². The molecule has 2 nitrogen and oxygen atoms in total. The number of carbonyl (C=O) groups is 1. The molecule has 0 amide bonds. The van der Waals surface area contributed by atoms with E-state index >= 15 is 0 Å². The second-order valence-electron chi connectivity index (χ2n) is 1.45. The van der Waals surface area contributed by atoms with Crippen molar-refractivity contribution < 1.29 is 18.0 Å². The Balaban J connectivity index is 0. The number of allylic oxidation sites excluding steroid dienone is 1. The fraction of sp³-hybridized carbons (Fsp3) is 0.500. The SMILES string of the molecule is CN/C(F)=C\C(C)=O.FCF. The van der Waals surface area contributed by atoms with Gasteiger partial charge in [-0.2, -0.15) is 4.39 Å². The smallest absolute Gasteiger partial charge is 0.229 e. The molecule has 0 bridgehead atoms. The molecule has 0 aliphatic rings. The standard InChI is InChI=1S/C5H8FNO.CH2F2/c1-4(8)3-5(6)7-2;2-1-3/h3,7H,1-2H3;1H2/b5-3-;. The maximum atomic E-state index is 11.9. The van der Waals surface area contributed by atoms with Gasteiger partial charge in [0.2, 0.25) is 6.93 Å². The molecule has 0 atom stereocenters. The summed E-state index contributed by atoms with van der Waals surface area (Å²) in [5.74, 6) is -0.894. The van der Waals surface area contributed by atoms with Gasteiger partial charge >= 0.3 is 0 Å². The first-order valence-electron chi connectivity index (χ1n) is 2.75. The van der Waals surface area contributed by atoms with Crippen molar-refractivity contribution in [3.05, 3.63) is 12.0 Å². The normalized spacial score (nSPS) is 9.73. The molecule has 0 rings (SSSR count). The van der Waals surface area contributed by atoms with Gasteiger partial charge in [0.25, 0.3) is 0 Å². The molecule has 0 fully saturated rings. The van der Waals surface area contributed by atoms with Gasteiger partial charge in [-0.3, -0.25) is 4.79 Å². The molecule has 0 saturated carbocycles. The van der Waals surface area contributed by atoms with Crippen LogP contribution >= 0.6 is 0 Å². The first-order chi connectivity index (χ1) is 5.08. The molecule has 0 spiro atoms. The predicted molar refractivity (Wildman–Crippen MR) is 36.0 cm³/mol. The highest BCUT2D eigenvalue weighted by atomic mass is 19.3. The van der Waals surface area contributed by atoms with E-state index in [0.29, 0.717) is 0 Å². The lowest BCUT2D eigenvalue weighted by Crippen LogP contribution is -2.01. The van der Waals surface area contributed by atoms with Gasteiger partial charge < -0.3 is 5.32 Å². The van der Waals surface area contributed by atoms with Crippen LogP contribution in [0, 0.1) is 0 Å². The van der Waals surface area contributed by atoms with Crippen molar-refractivity contribution in [1.82, 2.24) is 5.32 Å². The van der Waals surface area contributed by atoms with Crippen LogP contribution in [-0.2, 0) is 4.79 Å². The van der Waals surface area contributed by atoms with Gasteiger partial charge in [-0.15, -0.1) is 0 Å². The minimum absolute atomic E-state index is 0.295. The largest absolute Gasteiger partial charge is 0.365 e. The van der Waals surface area contributed by atoms with Crippen LogP contribution in [0.4, 0.5) is 13.2 Å². The van der Waals surface area contributed by atoms with E-state index in [2.05, 4.69) is 5.32 Å². The first-order valence-corrected chi connectivity index (χ1v) is 2.75. The fourth-order valence-electron chi connectivity index (χ4n) is 0.251. The second-order valence-corrected chi connectivity index (χ2v) is 1.45. The number of halogens is 3. The Hall–Kier alpha value is -1.00. The minimum Gasteiger partial charge on any atom is -0.365 e. The van der Waals surface area contributed by atoms with Crippen molar-refractivity contribution in [2.24, 2.45) is 0 Å². The van der Waals surface area contributed by atoms with Crippen molar-refractivity contribution in [3.8, 4) is 0 Å². The van der Waals surface area contributed by atoms with Crippen molar-refractivity contribution in [2.75, 3.05) is 14.0 Å². The lowest BCUT2D eigenvalue weighted by atomic mass is 10.4. The van der Waals surface area contributed by atoms with E-state index in [0.717, 1.165) is 6.08 Å². The summed E-state index contributed by atoms with van der Waals surface area (Å²) in [5, 5.41) is 2.17. The van der Waals surface area contributed by atoms with Crippen LogP contribution in [0.2, 0.25) is 0 Å². The maximum absolute atomic E-state index is 11.9. The van der Waals surface area contributed by atoms with Crippen molar-refractivity contribution >= 4 is 5.78 Å². The molecule has 5 heteroatoms. The molecule has 1 N–H and O–H groups in total. The fourth-order valence-corrected chi connectivity index (χ4v) is 0.251. The number of hydrogen-bond donors (Lipinski definition) is 1. The van der Waals surface area contributed by atoms with E-state index in [1.165, 1.54) is 14.0 Å². The van der Waals surface area contributed by atoms with Crippen LogP contribution in [0.25, 0.3) is 0 Å². The van der Waals surface area contributed by atoms with Gasteiger partial charge in [0.1, 0.15) is 0 Å². The minimum atomic E-state index is -1.75. The maximum Gasteiger partial charge on any atom is 0.229 e. The van der Waals surface area contributed by atoms with Gasteiger partial charge in [0.05, 0.1) is 0 Å². The predicted octanol–water partition coefficient (Wildman–Crippen LogP) is 1.49. The van der Waals surface area contributed by atoms with E-state index in [-0.39, 0.29) is 5.78 Å². The number of carbonyl (C=O) groups excluding carboxylic acids is 1. The summed E-state index contributed by atoms with van der Waals surface area (Å²) in [4.78, 5) is 10.1. The summed E-state index contributed by atoms with van der Waals surface area (Å²) < 4.78 is 31.2. The third-order valence-corrected chi connectivity index (χ3v) is 0.569. The second kappa shape index (κ2) is 9.00. The molecule has 0 heterocycles. The molecule has 0 aromatic heterocycles. The summed E-state index contributed by atoms with van der Waals surface area (Å²) in [6.45, 7) is -0.461. The van der Waals surface area contributed by atoms with E-state index in [1.807, 2.05) is 0 Å². The molecule has 0 radical (unpaired) electrons. The highest BCUT2D eigenvalue weighted by Crippen LogP contribution is 1.86. The molecular formula is C6H10F3NO. The third-order valence-electron chi connectivity index (χ3n) is 0.569. The van der Waals surface area contributed by atoms with E-state index in [9.17, 15) is 18.0 Å². The molecule has 0 aliphatic heterocycles. The van der Waals surface area contributed by atoms with Crippen LogP contribution in [0.15, 0.2) is 12.0 Å². The van der Waals surface area contributed by atoms with Crippen LogP contribution in [0.1, 0.15) is 6.92 Å². The average Bonchev–Trinajstić information content (AvgIpc) is 1.88. The number of nitrogens with one attached hydrogen (secondary N) is 1. The van der Waals surface area contributed by atoms with Gasteiger partial charge in [-0.05, 0) is 6.92 Å². The number of hydrogen-bond acceptors (Lipinski definition) is 2. The molecule has 0 aliphatic carbocycles. The number of alkyl halides is 2. The summed E-state index contributed by atoms with van der Waals surface area (Å²) in [7, 11) is 1.41. The molecule has 0 saturated heterocycles. The Morgan fingerprint density at radius 1 is 1.55 bits per heavy atom. The number of ketones is 1. The van der Waals surface area contributed by atoms with E-state index < -0.39 is 12.9 Å². The Bertz CT molecular complexity index is 136. The van der Waals surface area contributed by atoms with Gasteiger partial charge in [0, 0.05) is 13.1 Å². The molecule has 0 unspecified atom stereocenters. The average molecular weight is 169 g/mol. The molecular weight excluding hydrogens is 159 g/mol. The lowest BCUT2D eigenvalue weighted by Gasteiger charge is -1.88. The monoisotopic (exact) mass is 169 g/mol. The highest BCUT2D eigenvalue weighted by molar-refractivity contribution is 5.87. The quantitative estimate of drug-likeness (QED) is 0.501. The van der Waals surface area contributed by atoms with Crippen LogP contribution in [-0.4, -0.2) is 19.8 Å². The Morgan fingerprint density at radius 2 is 1.91 bits per heavy atom. The van der Waals surface area contributed by atoms with Crippen molar-refractivity contribution in [2.45, 2.75) is 6.92 Å². The Kier molecular flexibility index (Phi) is 10.4. The topological polar surface area (TPSA) is 29.1 Å². The van der Waals surface area contributed by atoms with Crippen LogP contribution in [0.3, 0.4) is 0 Å². The molecule has 0 aromatic rings. The molecule has 0 aromatic carbocycles. The van der Waals surface area contributed by atoms with Gasteiger partial charge in [-0.1, -0.05) is 0 Å². The number of rotatable bonds is 2. The third kappa shape index (κ3) is 17.6. The van der Waals surface area contributed by atoms with Crippen LogP contribution < -0.4 is 5.32 Å². The summed E-state index contributed by atoms with van der Waals surface area (Å²) >= 11 is 0. The van der Waals surface area contributed by atoms with Gasteiger partial charge in [0.15, 0.2) is 11.7 Å². The Labute approximate surface area is 63.1 Å². The molecule has 11 heavy (non-hydrogen) atoms. The lowest BCUT2D eigenvalue weighted by molar-refractivity contribution is -0.112. The van der Waals surface area contributed by atoms with E-state index in [1.54, 1.807) is 0 Å². The zero-order valence-corrected chi connectivity index (χ0v) is 6.33. The van der Waals surface area contributed by atoms with Crippen LogP contribution in [0.5, 0.6) is 0 Å². The summed E-state index contributed by atoms with van der Waals surface area (Å²) in [5.41, 5.74) is 0. The van der Waals surface area contributed by atoms with E-state index in [4.69, 9.17) is 0 Å². The first kappa shape index (κ1) is 12.7. The molecule has 66 valence electrons. The Morgan fingerprint density at radius 3 is 2.00 bits per heavy atom. The zero-order chi connectivity index (χ0) is 9.28. The summed E-state index contributed by atoms with van der Waals surface area (Å²) in [6.07, 6.45) is 0.889.